The second-order valence-electron chi connectivity index (χ2n) is 6.00. The zero-order chi connectivity index (χ0) is 15.6. The molecule has 1 aliphatic carbocycles. The second kappa shape index (κ2) is 5.84. The van der Waals surface area contributed by atoms with Crippen LogP contribution in [0.25, 0.3) is 0 Å². The monoisotopic (exact) mass is 293 g/mol. The van der Waals surface area contributed by atoms with Gasteiger partial charge in [0.1, 0.15) is 11.4 Å². The molecule has 0 heterocycles. The van der Waals surface area contributed by atoms with E-state index in [4.69, 9.17) is 0 Å². The number of carbonyl (C=O) groups is 2. The Morgan fingerprint density at radius 1 is 1.43 bits per heavy atom. The third kappa shape index (κ3) is 3.23. The summed E-state index contributed by atoms with van der Waals surface area (Å²) in [6.45, 7) is 3.68. The van der Waals surface area contributed by atoms with Gasteiger partial charge in [-0.1, -0.05) is 25.8 Å². The smallest absolute Gasteiger partial charge is 0.329 e. The maximum Gasteiger partial charge on any atom is 0.329 e. The number of aliphatic carboxylic acids is 1. The fourth-order valence-electron chi connectivity index (χ4n) is 3.04. The summed E-state index contributed by atoms with van der Waals surface area (Å²) in [5.41, 5.74) is -0.430. The largest absolute Gasteiger partial charge is 0.480 e. The molecule has 2 rings (SSSR count). The van der Waals surface area contributed by atoms with Crippen LogP contribution >= 0.6 is 0 Å². The predicted octanol–water partition coefficient (Wildman–Crippen LogP) is 2.90. The highest BCUT2D eigenvalue weighted by Crippen LogP contribution is 2.33. The summed E-state index contributed by atoms with van der Waals surface area (Å²) in [6.07, 6.45) is 2.54. The highest BCUT2D eigenvalue weighted by atomic mass is 19.1. The summed E-state index contributed by atoms with van der Waals surface area (Å²) in [5.74, 6) is -1.81. The van der Waals surface area contributed by atoms with Crippen LogP contribution in [0, 0.1) is 18.7 Å². The van der Waals surface area contributed by atoms with Crippen LogP contribution in [0.15, 0.2) is 18.2 Å². The first-order valence-corrected chi connectivity index (χ1v) is 7.16. The Labute approximate surface area is 123 Å². The van der Waals surface area contributed by atoms with Crippen LogP contribution in [0.4, 0.5) is 4.39 Å². The van der Waals surface area contributed by atoms with Gasteiger partial charge in [0.25, 0.3) is 5.91 Å². The van der Waals surface area contributed by atoms with E-state index in [-0.39, 0.29) is 11.5 Å². The normalized spacial score (nSPS) is 25.4. The van der Waals surface area contributed by atoms with E-state index >= 15 is 0 Å². The Morgan fingerprint density at radius 3 is 2.76 bits per heavy atom. The quantitative estimate of drug-likeness (QED) is 0.900. The molecule has 2 atom stereocenters. The zero-order valence-electron chi connectivity index (χ0n) is 12.3. The minimum absolute atomic E-state index is 0.189. The number of benzene rings is 1. The second-order valence-corrected chi connectivity index (χ2v) is 6.00. The van der Waals surface area contributed by atoms with Crippen LogP contribution in [0.1, 0.15) is 48.5 Å². The molecule has 0 bridgehead atoms. The van der Waals surface area contributed by atoms with E-state index in [0.29, 0.717) is 18.4 Å². The van der Waals surface area contributed by atoms with Gasteiger partial charge in [0.15, 0.2) is 0 Å². The summed E-state index contributed by atoms with van der Waals surface area (Å²) >= 11 is 0. The molecule has 0 aromatic heterocycles. The van der Waals surface area contributed by atoms with Crippen molar-refractivity contribution in [2.45, 2.75) is 45.1 Å². The Hall–Kier alpha value is -1.91. The highest BCUT2D eigenvalue weighted by Gasteiger charge is 2.43. The van der Waals surface area contributed by atoms with E-state index in [0.717, 1.165) is 18.9 Å². The molecule has 1 fully saturated rings. The van der Waals surface area contributed by atoms with Crippen molar-refractivity contribution < 1.29 is 19.1 Å². The number of rotatable bonds is 3. The lowest BCUT2D eigenvalue weighted by Crippen LogP contribution is -2.56. The third-order valence-electron chi connectivity index (χ3n) is 4.20. The molecular weight excluding hydrogens is 273 g/mol. The van der Waals surface area contributed by atoms with Gasteiger partial charge < -0.3 is 10.4 Å². The van der Waals surface area contributed by atoms with Gasteiger partial charge in [-0.3, -0.25) is 4.79 Å². The summed E-state index contributed by atoms with van der Waals surface area (Å²) in [5, 5.41) is 12.2. The van der Waals surface area contributed by atoms with Crippen molar-refractivity contribution in [3.8, 4) is 0 Å². The molecule has 2 N–H and O–H groups in total. The first-order chi connectivity index (χ1) is 9.84. The van der Waals surface area contributed by atoms with Gasteiger partial charge in [0, 0.05) is 5.56 Å². The Morgan fingerprint density at radius 2 is 2.14 bits per heavy atom. The van der Waals surface area contributed by atoms with Gasteiger partial charge in [0.05, 0.1) is 0 Å². The molecule has 1 amide bonds. The van der Waals surface area contributed by atoms with Crippen molar-refractivity contribution in [3.05, 3.63) is 35.1 Å². The van der Waals surface area contributed by atoms with Gasteiger partial charge >= 0.3 is 5.97 Å². The fourth-order valence-corrected chi connectivity index (χ4v) is 3.04. The van der Waals surface area contributed by atoms with E-state index in [1.807, 2.05) is 6.92 Å². The molecule has 21 heavy (non-hydrogen) atoms. The van der Waals surface area contributed by atoms with E-state index in [1.54, 1.807) is 6.92 Å². The third-order valence-corrected chi connectivity index (χ3v) is 4.20. The average molecular weight is 293 g/mol. The number of amides is 1. The van der Waals surface area contributed by atoms with E-state index in [9.17, 15) is 19.1 Å². The summed E-state index contributed by atoms with van der Waals surface area (Å²) in [4.78, 5) is 24.0. The number of carboxylic acid groups (broad SMARTS) is 1. The number of hydrogen-bond donors (Lipinski definition) is 2. The maximum atomic E-state index is 13.3. The van der Waals surface area contributed by atoms with Crippen molar-refractivity contribution in [3.63, 3.8) is 0 Å². The number of halogens is 1. The molecule has 4 nitrogen and oxygen atoms in total. The van der Waals surface area contributed by atoms with E-state index in [1.165, 1.54) is 12.1 Å². The Kier molecular flexibility index (Phi) is 4.30. The molecule has 1 aromatic carbocycles. The maximum absolute atomic E-state index is 13.3. The summed E-state index contributed by atoms with van der Waals surface area (Å²) < 4.78 is 13.3. The Bertz CT molecular complexity index is 573. The average Bonchev–Trinajstić information content (AvgIpc) is 2.41. The van der Waals surface area contributed by atoms with Crippen LogP contribution < -0.4 is 5.32 Å². The molecule has 1 saturated carbocycles. The lowest BCUT2D eigenvalue weighted by molar-refractivity contribution is -0.146. The van der Waals surface area contributed by atoms with Gasteiger partial charge in [-0.05, 0) is 43.4 Å². The molecule has 5 heteroatoms. The van der Waals surface area contributed by atoms with Crippen molar-refractivity contribution in [1.82, 2.24) is 5.32 Å². The Balaban J connectivity index is 2.27. The fraction of sp³-hybridized carbons (Fsp3) is 0.500. The molecular formula is C16H20FNO3. The molecule has 1 aromatic rings. The standard InChI is InChI=1S/C16H20FNO3/c1-10-4-3-7-16(9-10,15(20)21)18-14(19)13-8-12(17)6-5-11(13)2/h5-6,8,10H,3-4,7,9H2,1-2H3,(H,18,19)(H,20,21). The molecule has 114 valence electrons. The topological polar surface area (TPSA) is 66.4 Å². The minimum atomic E-state index is -1.24. The van der Waals surface area contributed by atoms with Crippen LogP contribution in [0.2, 0.25) is 0 Å². The number of carboxylic acids is 1. The molecule has 0 saturated heterocycles. The molecule has 2 unspecified atom stereocenters. The van der Waals surface area contributed by atoms with Gasteiger partial charge in [-0.2, -0.15) is 0 Å². The van der Waals surface area contributed by atoms with Crippen molar-refractivity contribution in [1.29, 1.82) is 0 Å². The van der Waals surface area contributed by atoms with Crippen LogP contribution in [0.3, 0.4) is 0 Å². The van der Waals surface area contributed by atoms with Gasteiger partial charge in [-0.15, -0.1) is 0 Å². The number of aryl methyl sites for hydroxylation is 1. The lowest BCUT2D eigenvalue weighted by Gasteiger charge is -2.37. The first-order valence-electron chi connectivity index (χ1n) is 7.16. The van der Waals surface area contributed by atoms with Crippen LogP contribution in [-0.2, 0) is 4.79 Å². The van der Waals surface area contributed by atoms with Crippen molar-refractivity contribution in [2.75, 3.05) is 0 Å². The van der Waals surface area contributed by atoms with E-state index < -0.39 is 23.2 Å². The number of carbonyl (C=O) groups excluding carboxylic acids is 1. The number of nitrogens with one attached hydrogen (secondary N) is 1. The lowest BCUT2D eigenvalue weighted by atomic mass is 9.76. The summed E-state index contributed by atoms with van der Waals surface area (Å²) in [6, 6.07) is 3.94. The molecule has 0 radical (unpaired) electrons. The molecule has 0 aliphatic heterocycles. The van der Waals surface area contributed by atoms with Crippen LogP contribution in [-0.4, -0.2) is 22.5 Å². The van der Waals surface area contributed by atoms with Gasteiger partial charge in [0.2, 0.25) is 0 Å². The SMILES string of the molecule is Cc1ccc(F)cc1C(=O)NC1(C(=O)O)CCCC(C)C1. The highest BCUT2D eigenvalue weighted by molar-refractivity contribution is 5.99. The molecule has 0 spiro atoms. The predicted molar refractivity (Wildman–Crippen MR) is 76.6 cm³/mol. The first kappa shape index (κ1) is 15.5. The summed E-state index contributed by atoms with van der Waals surface area (Å²) in [7, 11) is 0. The molecule has 1 aliphatic rings. The van der Waals surface area contributed by atoms with Crippen molar-refractivity contribution >= 4 is 11.9 Å². The minimum Gasteiger partial charge on any atom is -0.480 e. The van der Waals surface area contributed by atoms with E-state index in [2.05, 4.69) is 5.32 Å². The number of hydrogen-bond acceptors (Lipinski definition) is 2. The zero-order valence-corrected chi connectivity index (χ0v) is 12.3. The van der Waals surface area contributed by atoms with Crippen molar-refractivity contribution in [2.24, 2.45) is 5.92 Å². The van der Waals surface area contributed by atoms with Gasteiger partial charge in [-0.25, -0.2) is 9.18 Å². The van der Waals surface area contributed by atoms with Crippen LogP contribution in [0.5, 0.6) is 0 Å².